The first-order valence-corrected chi connectivity index (χ1v) is 34.1. The van der Waals surface area contributed by atoms with Crippen LogP contribution in [0.3, 0.4) is 0 Å². The molecule has 0 aromatic heterocycles. The van der Waals surface area contributed by atoms with E-state index in [-0.39, 0.29) is 12.8 Å². The molecular weight excluding hydrogens is 979 g/mol. The summed E-state index contributed by atoms with van der Waals surface area (Å²) in [5, 5.41) is 76.3. The number of aliphatic hydroxyl groups excluding tert-OH is 7. The Morgan fingerprint density at radius 3 is 1.10 bits per heavy atom. The predicted molar refractivity (Wildman–Crippen MR) is 326 cm³/mol. The van der Waals surface area contributed by atoms with Crippen molar-refractivity contribution in [1.29, 1.82) is 0 Å². The Bertz CT molecular complexity index is 1270. The summed E-state index contributed by atoms with van der Waals surface area (Å²) in [4.78, 5) is 13.2. The normalized spacial score (nSPS) is 19.4. The SMILES string of the molecule is CCCCCCCCCCCCCC/C=C/CCCC(O)C(O)C(COC1OC(CO)C(O)C(O)C1O)NC(=O)C(O)CCCCCCCCCCCCCCCCCCCCCCCCCCCCCCCCCCCC. The number of carbonyl (C=O) groups excluding carboxylic acids is 1. The molecule has 9 unspecified atom stereocenters. The number of amides is 1. The van der Waals surface area contributed by atoms with E-state index in [1.54, 1.807) is 0 Å². The number of unbranched alkanes of at least 4 members (excludes halogenated alkanes) is 46. The van der Waals surface area contributed by atoms with Crippen molar-refractivity contribution in [3.8, 4) is 0 Å². The molecule has 464 valence electrons. The first kappa shape index (κ1) is 74.9. The highest BCUT2D eigenvalue weighted by Gasteiger charge is 2.44. The minimum atomic E-state index is -1.67. The van der Waals surface area contributed by atoms with Gasteiger partial charge in [0, 0.05) is 0 Å². The molecule has 0 saturated carbocycles. The van der Waals surface area contributed by atoms with Gasteiger partial charge in [-0.2, -0.15) is 0 Å². The van der Waals surface area contributed by atoms with E-state index in [4.69, 9.17) is 9.47 Å². The lowest BCUT2D eigenvalue weighted by Crippen LogP contribution is -2.60. The largest absolute Gasteiger partial charge is 0.394 e. The quantitative estimate of drug-likeness (QED) is 0.0215. The number of ether oxygens (including phenoxy) is 2. The number of aliphatic hydroxyl groups is 7. The Morgan fingerprint density at radius 2 is 0.756 bits per heavy atom. The topological polar surface area (TPSA) is 189 Å². The van der Waals surface area contributed by atoms with Crippen molar-refractivity contribution in [3.05, 3.63) is 12.2 Å². The van der Waals surface area contributed by atoms with Crippen molar-refractivity contribution in [2.24, 2.45) is 0 Å². The van der Waals surface area contributed by atoms with Gasteiger partial charge in [-0.3, -0.25) is 4.79 Å². The molecule has 1 fully saturated rings. The Balaban J connectivity index is 2.15. The van der Waals surface area contributed by atoms with E-state index < -0.39 is 74.2 Å². The molecule has 1 amide bonds. The van der Waals surface area contributed by atoms with Crippen LogP contribution in [0.15, 0.2) is 12.2 Å². The highest BCUT2D eigenvalue weighted by atomic mass is 16.7. The number of hydrogen-bond acceptors (Lipinski definition) is 10. The predicted octanol–water partition coefficient (Wildman–Crippen LogP) is 15.9. The van der Waals surface area contributed by atoms with Crippen molar-refractivity contribution in [2.75, 3.05) is 13.2 Å². The van der Waals surface area contributed by atoms with Crippen molar-refractivity contribution < 1.29 is 50.0 Å². The number of nitrogens with one attached hydrogen (secondary N) is 1. The third-order valence-corrected chi connectivity index (χ3v) is 16.8. The van der Waals surface area contributed by atoms with Crippen molar-refractivity contribution in [3.63, 3.8) is 0 Å². The number of hydrogen-bond donors (Lipinski definition) is 8. The first-order valence-electron chi connectivity index (χ1n) is 34.1. The molecule has 0 radical (unpaired) electrons. The van der Waals surface area contributed by atoms with Gasteiger partial charge >= 0.3 is 0 Å². The average Bonchev–Trinajstić information content (AvgIpc) is 3.46. The molecule has 1 aliphatic rings. The van der Waals surface area contributed by atoms with Crippen LogP contribution in [-0.2, 0) is 14.3 Å². The number of allylic oxidation sites excluding steroid dienone is 2. The fourth-order valence-corrected chi connectivity index (χ4v) is 11.3. The Hall–Kier alpha value is -1.15. The second-order valence-corrected chi connectivity index (χ2v) is 24.3. The second kappa shape index (κ2) is 56.3. The summed E-state index contributed by atoms with van der Waals surface area (Å²) in [5.74, 6) is -0.699. The van der Waals surface area contributed by atoms with E-state index in [1.807, 2.05) is 0 Å². The zero-order valence-corrected chi connectivity index (χ0v) is 51.2. The van der Waals surface area contributed by atoms with Gasteiger partial charge in [-0.15, -0.1) is 0 Å². The summed E-state index contributed by atoms with van der Waals surface area (Å²) in [6.45, 7) is 3.49. The van der Waals surface area contributed by atoms with E-state index >= 15 is 0 Å². The van der Waals surface area contributed by atoms with Crippen molar-refractivity contribution >= 4 is 5.91 Å². The van der Waals surface area contributed by atoms with Crippen LogP contribution in [0.2, 0.25) is 0 Å². The zero-order chi connectivity index (χ0) is 56.8. The van der Waals surface area contributed by atoms with Crippen LogP contribution in [0.25, 0.3) is 0 Å². The van der Waals surface area contributed by atoms with E-state index in [2.05, 4.69) is 31.3 Å². The van der Waals surface area contributed by atoms with Crippen LogP contribution in [-0.4, -0.2) is 110 Å². The van der Waals surface area contributed by atoms with Gasteiger partial charge in [0.15, 0.2) is 6.29 Å². The van der Waals surface area contributed by atoms with Gasteiger partial charge < -0.3 is 50.5 Å². The molecule has 11 nitrogen and oxygen atoms in total. The molecule has 0 spiro atoms. The zero-order valence-electron chi connectivity index (χ0n) is 51.2. The Morgan fingerprint density at radius 1 is 0.436 bits per heavy atom. The molecule has 11 heteroatoms. The van der Waals surface area contributed by atoms with Gasteiger partial charge in [0.1, 0.15) is 36.6 Å². The summed E-state index contributed by atoms with van der Waals surface area (Å²) in [7, 11) is 0. The van der Waals surface area contributed by atoms with Gasteiger partial charge in [-0.1, -0.05) is 315 Å². The van der Waals surface area contributed by atoms with Gasteiger partial charge in [0.05, 0.1) is 25.4 Å². The maximum atomic E-state index is 13.2. The molecule has 1 saturated heterocycles. The van der Waals surface area contributed by atoms with Crippen LogP contribution in [0.1, 0.15) is 341 Å². The van der Waals surface area contributed by atoms with Crippen LogP contribution >= 0.6 is 0 Å². The molecule has 78 heavy (non-hydrogen) atoms. The molecule has 9 atom stereocenters. The molecule has 0 aromatic rings. The molecule has 1 rings (SSSR count). The number of carbonyl (C=O) groups is 1. The fourth-order valence-electron chi connectivity index (χ4n) is 11.3. The molecule has 1 heterocycles. The fraction of sp³-hybridized carbons (Fsp3) is 0.955. The Labute approximate surface area is 481 Å². The van der Waals surface area contributed by atoms with E-state index in [1.165, 1.54) is 263 Å². The summed E-state index contributed by atoms with van der Waals surface area (Å²) < 4.78 is 11.2. The summed E-state index contributed by atoms with van der Waals surface area (Å²) >= 11 is 0. The maximum Gasteiger partial charge on any atom is 0.249 e. The van der Waals surface area contributed by atoms with Crippen molar-refractivity contribution in [2.45, 2.75) is 396 Å². The highest BCUT2D eigenvalue weighted by molar-refractivity contribution is 5.80. The average molecular weight is 1110 g/mol. The highest BCUT2D eigenvalue weighted by Crippen LogP contribution is 2.24. The lowest BCUT2D eigenvalue weighted by Gasteiger charge is -2.40. The first-order chi connectivity index (χ1) is 38.2. The molecule has 0 aromatic carbocycles. The van der Waals surface area contributed by atoms with E-state index in [0.717, 1.165) is 38.5 Å². The lowest BCUT2D eigenvalue weighted by molar-refractivity contribution is -0.303. The molecule has 0 aliphatic carbocycles. The summed E-state index contributed by atoms with van der Waals surface area (Å²) in [6.07, 6.45) is 57.4. The molecular formula is C67H131NO10. The summed E-state index contributed by atoms with van der Waals surface area (Å²) in [6, 6.07) is -1.18. The smallest absolute Gasteiger partial charge is 0.249 e. The maximum absolute atomic E-state index is 13.2. The van der Waals surface area contributed by atoms with Gasteiger partial charge in [-0.25, -0.2) is 0 Å². The third-order valence-electron chi connectivity index (χ3n) is 16.8. The van der Waals surface area contributed by atoms with Crippen LogP contribution in [0.4, 0.5) is 0 Å². The van der Waals surface area contributed by atoms with Gasteiger partial charge in [0.25, 0.3) is 0 Å². The molecule has 8 N–H and O–H groups in total. The summed E-state index contributed by atoms with van der Waals surface area (Å²) in [5.41, 5.74) is 0. The van der Waals surface area contributed by atoms with Gasteiger partial charge in [0.2, 0.25) is 5.91 Å². The third kappa shape index (κ3) is 43.5. The number of rotatable bonds is 60. The van der Waals surface area contributed by atoms with Crippen LogP contribution < -0.4 is 5.32 Å². The Kier molecular flexibility index (Phi) is 54.1. The second-order valence-electron chi connectivity index (χ2n) is 24.3. The molecule has 0 bridgehead atoms. The monoisotopic (exact) mass is 1110 g/mol. The molecule has 1 aliphatic heterocycles. The standard InChI is InChI=1S/C67H131NO10/c1-3-5-7-9-11-13-15-17-19-21-22-23-24-25-26-27-28-29-30-31-32-33-34-35-36-37-39-41-43-45-47-49-51-53-55-60(71)66(76)68-58(57-77-67-65(75)64(74)63(73)61(56-69)78-67)62(72)59(70)54-52-50-48-46-44-42-40-38-20-18-16-14-12-10-8-6-4-2/h46,48,58-65,67,69-75H,3-45,47,49-57H2,1-2H3,(H,68,76)/b48-46+. The van der Waals surface area contributed by atoms with Crippen LogP contribution in [0.5, 0.6) is 0 Å². The minimum Gasteiger partial charge on any atom is -0.394 e. The van der Waals surface area contributed by atoms with Crippen molar-refractivity contribution in [1.82, 2.24) is 5.32 Å². The lowest BCUT2D eigenvalue weighted by atomic mass is 9.98. The van der Waals surface area contributed by atoms with Gasteiger partial charge in [-0.05, 0) is 38.5 Å². The minimum absolute atomic E-state index is 0.260. The van der Waals surface area contributed by atoms with E-state index in [9.17, 15) is 40.5 Å². The van der Waals surface area contributed by atoms with E-state index in [0.29, 0.717) is 12.8 Å². The van der Waals surface area contributed by atoms with Crippen LogP contribution in [0, 0.1) is 0 Å².